The molecule has 0 unspecified atom stereocenters. The van der Waals surface area contributed by atoms with Crippen molar-refractivity contribution in [3.63, 3.8) is 0 Å². The van der Waals surface area contributed by atoms with E-state index < -0.39 is 0 Å². The van der Waals surface area contributed by atoms with E-state index in [4.69, 9.17) is 4.74 Å². The SMILES string of the molecule is CN1CNN=C1OCc1ccccc1. The number of ether oxygens (including phenoxy) is 1. The molecule has 0 aromatic heterocycles. The number of hydrazone groups is 1. The van der Waals surface area contributed by atoms with E-state index in [1.807, 2.05) is 42.3 Å². The number of rotatable bonds is 2. The van der Waals surface area contributed by atoms with Crippen molar-refractivity contribution >= 4 is 6.02 Å². The maximum Gasteiger partial charge on any atom is 0.310 e. The molecule has 74 valence electrons. The Morgan fingerprint density at radius 3 is 2.86 bits per heavy atom. The van der Waals surface area contributed by atoms with Crippen molar-refractivity contribution < 1.29 is 4.74 Å². The zero-order chi connectivity index (χ0) is 9.80. The number of amidine groups is 1. The molecule has 0 saturated heterocycles. The van der Waals surface area contributed by atoms with Gasteiger partial charge in [-0.3, -0.25) is 5.43 Å². The predicted molar refractivity (Wildman–Crippen MR) is 54.4 cm³/mol. The molecule has 1 aromatic rings. The molecule has 1 aromatic carbocycles. The summed E-state index contributed by atoms with van der Waals surface area (Å²) in [4.78, 5) is 1.92. The lowest BCUT2D eigenvalue weighted by Gasteiger charge is -2.12. The van der Waals surface area contributed by atoms with Crippen LogP contribution in [0.25, 0.3) is 0 Å². The average Bonchev–Trinajstić information content (AvgIpc) is 2.63. The van der Waals surface area contributed by atoms with Gasteiger partial charge in [0, 0.05) is 7.05 Å². The highest BCUT2D eigenvalue weighted by molar-refractivity contribution is 5.74. The molecule has 0 aliphatic carbocycles. The van der Waals surface area contributed by atoms with Crippen LogP contribution in [0.15, 0.2) is 35.4 Å². The van der Waals surface area contributed by atoms with Crippen LogP contribution in [0.3, 0.4) is 0 Å². The summed E-state index contributed by atoms with van der Waals surface area (Å²) in [6, 6.07) is 10.7. The largest absolute Gasteiger partial charge is 0.459 e. The third-order valence-electron chi connectivity index (χ3n) is 2.02. The summed E-state index contributed by atoms with van der Waals surface area (Å²) in [5.41, 5.74) is 4.00. The van der Waals surface area contributed by atoms with Crippen LogP contribution >= 0.6 is 0 Å². The molecular formula is C10H13N3O. The van der Waals surface area contributed by atoms with E-state index in [2.05, 4.69) is 10.5 Å². The van der Waals surface area contributed by atoms with Crippen molar-refractivity contribution in [2.24, 2.45) is 5.10 Å². The molecule has 4 nitrogen and oxygen atoms in total. The predicted octanol–water partition coefficient (Wildman–Crippen LogP) is 0.967. The Labute approximate surface area is 83.2 Å². The number of nitrogens with zero attached hydrogens (tertiary/aromatic N) is 2. The standard InChI is InChI=1S/C10H13N3O/c1-13-8-11-12-10(13)14-7-9-5-3-2-4-6-9/h2-6,11H,7-8H2,1H3. The average molecular weight is 191 g/mol. The van der Waals surface area contributed by atoms with E-state index in [1.54, 1.807) is 0 Å². The molecular weight excluding hydrogens is 178 g/mol. The first-order chi connectivity index (χ1) is 6.86. The monoisotopic (exact) mass is 191 g/mol. The molecule has 0 bridgehead atoms. The minimum absolute atomic E-state index is 0.561. The second-order valence-corrected chi connectivity index (χ2v) is 3.18. The molecule has 0 fully saturated rings. The van der Waals surface area contributed by atoms with Gasteiger partial charge in [-0.25, -0.2) is 0 Å². The number of nitrogens with one attached hydrogen (secondary N) is 1. The molecule has 2 rings (SSSR count). The minimum Gasteiger partial charge on any atom is -0.459 e. The van der Waals surface area contributed by atoms with Crippen molar-refractivity contribution in [2.75, 3.05) is 13.7 Å². The number of benzene rings is 1. The molecule has 1 N–H and O–H groups in total. The van der Waals surface area contributed by atoms with Gasteiger partial charge < -0.3 is 9.64 Å². The van der Waals surface area contributed by atoms with Crippen LogP contribution in [0, 0.1) is 0 Å². The first kappa shape index (κ1) is 8.87. The summed E-state index contributed by atoms with van der Waals surface area (Å²) < 4.78 is 5.51. The van der Waals surface area contributed by atoms with Crippen LogP contribution in [0.1, 0.15) is 5.56 Å². The lowest BCUT2D eigenvalue weighted by atomic mass is 10.2. The Morgan fingerprint density at radius 2 is 2.21 bits per heavy atom. The van der Waals surface area contributed by atoms with Gasteiger partial charge in [-0.15, -0.1) is 5.10 Å². The van der Waals surface area contributed by atoms with Gasteiger partial charge in [0.25, 0.3) is 0 Å². The zero-order valence-electron chi connectivity index (χ0n) is 8.10. The quantitative estimate of drug-likeness (QED) is 0.756. The van der Waals surface area contributed by atoms with E-state index in [0.29, 0.717) is 19.3 Å². The highest BCUT2D eigenvalue weighted by Crippen LogP contribution is 2.03. The van der Waals surface area contributed by atoms with Gasteiger partial charge in [0.05, 0.1) is 0 Å². The lowest BCUT2D eigenvalue weighted by Crippen LogP contribution is -2.26. The zero-order valence-corrected chi connectivity index (χ0v) is 8.10. The van der Waals surface area contributed by atoms with Gasteiger partial charge in [0.15, 0.2) is 0 Å². The molecule has 0 radical (unpaired) electrons. The van der Waals surface area contributed by atoms with Crippen LogP contribution in [-0.4, -0.2) is 24.6 Å². The summed E-state index contributed by atoms with van der Waals surface area (Å²) in [5.74, 6) is 0. The molecule has 0 saturated carbocycles. The minimum atomic E-state index is 0.561. The topological polar surface area (TPSA) is 36.9 Å². The van der Waals surface area contributed by atoms with Crippen LogP contribution < -0.4 is 5.43 Å². The summed E-state index contributed by atoms with van der Waals surface area (Å²) >= 11 is 0. The smallest absolute Gasteiger partial charge is 0.310 e. The second-order valence-electron chi connectivity index (χ2n) is 3.18. The lowest BCUT2D eigenvalue weighted by molar-refractivity contribution is 0.246. The third kappa shape index (κ3) is 1.96. The van der Waals surface area contributed by atoms with Gasteiger partial charge in [-0.2, -0.15) is 0 Å². The molecule has 4 heteroatoms. The van der Waals surface area contributed by atoms with Crippen molar-refractivity contribution in [3.8, 4) is 0 Å². The van der Waals surface area contributed by atoms with Crippen LogP contribution in [0.4, 0.5) is 0 Å². The fraction of sp³-hybridized carbons (Fsp3) is 0.300. The summed E-state index contributed by atoms with van der Waals surface area (Å²) in [6.45, 7) is 1.27. The fourth-order valence-electron chi connectivity index (χ4n) is 1.23. The van der Waals surface area contributed by atoms with Crippen molar-refractivity contribution in [3.05, 3.63) is 35.9 Å². The Bertz CT molecular complexity index is 323. The van der Waals surface area contributed by atoms with Gasteiger partial charge in [0.1, 0.15) is 13.3 Å². The Morgan fingerprint density at radius 1 is 1.43 bits per heavy atom. The third-order valence-corrected chi connectivity index (χ3v) is 2.02. The normalized spacial score (nSPS) is 14.9. The molecule has 1 heterocycles. The molecule has 1 aliphatic rings. The Hall–Kier alpha value is -1.71. The molecule has 0 spiro atoms. The van der Waals surface area contributed by atoms with Crippen molar-refractivity contribution in [1.82, 2.24) is 10.3 Å². The summed E-state index contributed by atoms with van der Waals surface area (Å²) in [7, 11) is 1.93. The molecule has 14 heavy (non-hydrogen) atoms. The van der Waals surface area contributed by atoms with Gasteiger partial charge in [-0.1, -0.05) is 30.3 Å². The summed E-state index contributed by atoms with van der Waals surface area (Å²) in [6.07, 6.45) is 0. The molecule has 1 aliphatic heterocycles. The Balaban J connectivity index is 1.89. The van der Waals surface area contributed by atoms with Crippen LogP contribution in [0.2, 0.25) is 0 Å². The van der Waals surface area contributed by atoms with Crippen LogP contribution in [-0.2, 0) is 11.3 Å². The second kappa shape index (κ2) is 4.00. The molecule has 0 amide bonds. The Kier molecular flexibility index (Phi) is 2.53. The fourth-order valence-corrected chi connectivity index (χ4v) is 1.23. The molecule has 0 atom stereocenters. The highest BCUT2D eigenvalue weighted by atomic mass is 16.5. The van der Waals surface area contributed by atoms with E-state index in [-0.39, 0.29) is 0 Å². The number of hydrogen-bond donors (Lipinski definition) is 1. The van der Waals surface area contributed by atoms with Gasteiger partial charge in [-0.05, 0) is 5.56 Å². The van der Waals surface area contributed by atoms with E-state index in [1.165, 1.54) is 0 Å². The van der Waals surface area contributed by atoms with E-state index >= 15 is 0 Å². The van der Waals surface area contributed by atoms with Crippen molar-refractivity contribution in [2.45, 2.75) is 6.61 Å². The summed E-state index contributed by atoms with van der Waals surface area (Å²) in [5, 5.41) is 4.00. The first-order valence-corrected chi connectivity index (χ1v) is 4.54. The van der Waals surface area contributed by atoms with E-state index in [9.17, 15) is 0 Å². The first-order valence-electron chi connectivity index (χ1n) is 4.54. The van der Waals surface area contributed by atoms with E-state index in [0.717, 1.165) is 5.56 Å². The highest BCUT2D eigenvalue weighted by Gasteiger charge is 2.12. The van der Waals surface area contributed by atoms with Crippen molar-refractivity contribution in [1.29, 1.82) is 0 Å². The van der Waals surface area contributed by atoms with Crippen LogP contribution in [0.5, 0.6) is 0 Å². The maximum atomic E-state index is 5.51. The number of hydrogen-bond acceptors (Lipinski definition) is 4. The van der Waals surface area contributed by atoms with Gasteiger partial charge >= 0.3 is 6.02 Å². The maximum absolute atomic E-state index is 5.51. The van der Waals surface area contributed by atoms with Gasteiger partial charge in [0.2, 0.25) is 0 Å².